The predicted molar refractivity (Wildman–Crippen MR) is 48.7 cm³/mol. The molecule has 4 heteroatoms. The molecule has 0 saturated carbocycles. The highest BCUT2D eigenvalue weighted by atomic mass is 35.5. The van der Waals surface area contributed by atoms with E-state index in [2.05, 4.69) is 6.26 Å². The van der Waals surface area contributed by atoms with Crippen LogP contribution in [0.5, 0.6) is 0 Å². The molecule has 1 aromatic heterocycles. The Hall–Kier alpha value is 0.690. The Kier molecular flexibility index (Phi) is 3.26. The zero-order valence-electron chi connectivity index (χ0n) is 4.76. The lowest BCUT2D eigenvalue weighted by molar-refractivity contribution is 1.76. The van der Waals surface area contributed by atoms with Gasteiger partial charge in [0.1, 0.15) is 0 Å². The van der Waals surface area contributed by atoms with Crippen LogP contribution in [0.3, 0.4) is 0 Å². The lowest BCUT2D eigenvalue weighted by Crippen LogP contribution is -1.45. The average Bonchev–Trinajstić information content (AvgIpc) is 2.17. The molecule has 0 nitrogen and oxygen atoms in total. The summed E-state index contributed by atoms with van der Waals surface area (Å²) in [7, 11) is 3.48. The third-order valence-electron chi connectivity index (χ3n) is 0.714. The molecule has 0 aromatic carbocycles. The lowest BCUT2D eigenvalue weighted by atomic mass is 10.7. The van der Waals surface area contributed by atoms with E-state index in [-0.39, 0.29) is 0 Å². The molecule has 0 N–H and O–H groups in total. The molecule has 50 valence electrons. The fraction of sp³-hybridized carbons (Fsp3) is 0.200. The molecule has 0 spiro atoms. The van der Waals surface area contributed by atoms with Crippen LogP contribution in [0.2, 0.25) is 4.34 Å². The molecule has 0 atom stereocenters. The van der Waals surface area contributed by atoms with Gasteiger partial charge in [-0.15, -0.1) is 11.3 Å². The standard InChI is InChI=1S/C5H5ClS3/c1-7-9-5-3-2-4(6)8-5/h2-3H,1H3. The summed E-state index contributed by atoms with van der Waals surface area (Å²) in [6, 6.07) is 3.96. The number of hydrogen-bond acceptors (Lipinski definition) is 3. The minimum Gasteiger partial charge on any atom is -0.116 e. The van der Waals surface area contributed by atoms with Crippen molar-refractivity contribution in [3.63, 3.8) is 0 Å². The van der Waals surface area contributed by atoms with Gasteiger partial charge < -0.3 is 0 Å². The predicted octanol–water partition coefficient (Wildman–Crippen LogP) is 3.77. The first-order chi connectivity index (χ1) is 4.33. The van der Waals surface area contributed by atoms with Gasteiger partial charge in [0, 0.05) is 0 Å². The van der Waals surface area contributed by atoms with E-state index >= 15 is 0 Å². The first-order valence-electron chi connectivity index (χ1n) is 2.29. The molecule has 0 saturated heterocycles. The fourth-order valence-corrected chi connectivity index (χ4v) is 3.61. The van der Waals surface area contributed by atoms with Crippen LogP contribution in [0.25, 0.3) is 0 Å². The topological polar surface area (TPSA) is 0 Å². The van der Waals surface area contributed by atoms with E-state index in [4.69, 9.17) is 11.6 Å². The monoisotopic (exact) mass is 196 g/mol. The van der Waals surface area contributed by atoms with Gasteiger partial charge in [-0.3, -0.25) is 0 Å². The van der Waals surface area contributed by atoms with Crippen molar-refractivity contribution in [2.24, 2.45) is 0 Å². The van der Waals surface area contributed by atoms with E-state index in [1.54, 1.807) is 32.9 Å². The van der Waals surface area contributed by atoms with Crippen LogP contribution in [0.4, 0.5) is 0 Å². The molecule has 0 fully saturated rings. The summed E-state index contributed by atoms with van der Waals surface area (Å²) in [5.74, 6) is 0. The average molecular weight is 197 g/mol. The molecule has 0 amide bonds. The second kappa shape index (κ2) is 3.76. The Morgan fingerprint density at radius 3 is 2.78 bits per heavy atom. The maximum absolute atomic E-state index is 5.69. The van der Waals surface area contributed by atoms with Crippen molar-refractivity contribution < 1.29 is 0 Å². The van der Waals surface area contributed by atoms with Gasteiger partial charge in [0.25, 0.3) is 0 Å². The van der Waals surface area contributed by atoms with Crippen LogP contribution in [0.1, 0.15) is 0 Å². The number of hydrogen-bond donors (Lipinski definition) is 0. The Balaban J connectivity index is 2.61. The normalized spacial score (nSPS) is 10.0. The van der Waals surface area contributed by atoms with Crippen molar-refractivity contribution in [3.05, 3.63) is 16.5 Å². The van der Waals surface area contributed by atoms with Crippen LogP contribution < -0.4 is 0 Å². The van der Waals surface area contributed by atoms with Crippen LogP contribution in [0, 0.1) is 0 Å². The highest BCUT2D eigenvalue weighted by Gasteiger charge is 1.95. The molecular weight excluding hydrogens is 192 g/mol. The van der Waals surface area contributed by atoms with Gasteiger partial charge in [-0.1, -0.05) is 22.4 Å². The molecule has 1 aromatic rings. The van der Waals surface area contributed by atoms with Crippen LogP contribution >= 0.6 is 44.5 Å². The Labute approximate surface area is 71.4 Å². The van der Waals surface area contributed by atoms with E-state index in [0.717, 1.165) is 4.34 Å². The van der Waals surface area contributed by atoms with Gasteiger partial charge in [-0.05, 0) is 29.2 Å². The Morgan fingerprint density at radius 1 is 1.56 bits per heavy atom. The SMILES string of the molecule is CSSc1ccc(Cl)s1. The molecule has 0 aliphatic carbocycles. The molecule has 0 bridgehead atoms. The van der Waals surface area contributed by atoms with Gasteiger partial charge in [0.2, 0.25) is 0 Å². The largest absolute Gasteiger partial charge is 0.116 e. The summed E-state index contributed by atoms with van der Waals surface area (Å²) in [6.07, 6.45) is 2.05. The number of thiophene rings is 1. The second-order valence-electron chi connectivity index (χ2n) is 1.31. The van der Waals surface area contributed by atoms with Gasteiger partial charge in [-0.2, -0.15) is 0 Å². The van der Waals surface area contributed by atoms with E-state index in [1.165, 1.54) is 4.21 Å². The van der Waals surface area contributed by atoms with Gasteiger partial charge in [-0.25, -0.2) is 0 Å². The minimum absolute atomic E-state index is 0.867. The zero-order valence-corrected chi connectivity index (χ0v) is 7.96. The minimum atomic E-state index is 0.867. The highest BCUT2D eigenvalue weighted by Crippen LogP contribution is 2.35. The summed E-state index contributed by atoms with van der Waals surface area (Å²) in [5, 5.41) is 0. The first-order valence-corrected chi connectivity index (χ1v) is 6.04. The summed E-state index contributed by atoms with van der Waals surface area (Å²) in [4.78, 5) is 0. The van der Waals surface area contributed by atoms with E-state index < -0.39 is 0 Å². The molecule has 0 radical (unpaired) electrons. The van der Waals surface area contributed by atoms with Gasteiger partial charge in [0.05, 0.1) is 8.55 Å². The fourth-order valence-electron chi connectivity index (χ4n) is 0.425. The van der Waals surface area contributed by atoms with Crippen LogP contribution in [-0.4, -0.2) is 6.26 Å². The Morgan fingerprint density at radius 2 is 2.33 bits per heavy atom. The van der Waals surface area contributed by atoms with Crippen molar-refractivity contribution >= 4 is 44.5 Å². The molecule has 0 unspecified atom stereocenters. The Bertz CT molecular complexity index is 184. The van der Waals surface area contributed by atoms with Crippen molar-refractivity contribution in [1.29, 1.82) is 0 Å². The van der Waals surface area contributed by atoms with Crippen LogP contribution in [-0.2, 0) is 0 Å². The maximum Gasteiger partial charge on any atom is 0.0940 e. The first kappa shape index (κ1) is 7.79. The van der Waals surface area contributed by atoms with Crippen molar-refractivity contribution in [1.82, 2.24) is 0 Å². The highest BCUT2D eigenvalue weighted by molar-refractivity contribution is 8.76. The van der Waals surface area contributed by atoms with Gasteiger partial charge in [0.15, 0.2) is 0 Å². The van der Waals surface area contributed by atoms with E-state index in [9.17, 15) is 0 Å². The molecule has 9 heavy (non-hydrogen) atoms. The van der Waals surface area contributed by atoms with E-state index in [1.807, 2.05) is 12.1 Å². The van der Waals surface area contributed by atoms with Crippen molar-refractivity contribution in [2.45, 2.75) is 4.21 Å². The number of halogens is 1. The second-order valence-corrected chi connectivity index (χ2v) is 5.72. The van der Waals surface area contributed by atoms with E-state index in [0.29, 0.717) is 0 Å². The zero-order chi connectivity index (χ0) is 6.69. The summed E-state index contributed by atoms with van der Waals surface area (Å²) < 4.78 is 2.14. The smallest absolute Gasteiger partial charge is 0.0940 e. The molecule has 1 rings (SSSR count). The van der Waals surface area contributed by atoms with Crippen LogP contribution in [0.15, 0.2) is 16.3 Å². The lowest BCUT2D eigenvalue weighted by Gasteiger charge is -1.85. The maximum atomic E-state index is 5.69. The van der Waals surface area contributed by atoms with Gasteiger partial charge >= 0.3 is 0 Å². The third kappa shape index (κ3) is 2.42. The van der Waals surface area contributed by atoms with Crippen molar-refractivity contribution in [3.8, 4) is 0 Å². The molecular formula is C5H5ClS3. The summed E-state index contributed by atoms with van der Waals surface area (Å²) >= 11 is 7.31. The molecule has 1 heterocycles. The molecule has 0 aliphatic rings. The quantitative estimate of drug-likeness (QED) is 0.661. The van der Waals surface area contributed by atoms with Crippen molar-refractivity contribution in [2.75, 3.05) is 6.26 Å². The number of rotatable bonds is 2. The third-order valence-corrected chi connectivity index (χ3v) is 4.06. The molecule has 0 aliphatic heterocycles. The summed E-state index contributed by atoms with van der Waals surface area (Å²) in [5.41, 5.74) is 0. The summed E-state index contributed by atoms with van der Waals surface area (Å²) in [6.45, 7) is 0.